The van der Waals surface area contributed by atoms with Gasteiger partial charge >= 0.3 is 5.97 Å². The summed E-state index contributed by atoms with van der Waals surface area (Å²) in [7, 11) is 1.70. The highest BCUT2D eigenvalue weighted by molar-refractivity contribution is 8.00. The molecule has 2 rings (SSSR count). The molecule has 1 aliphatic rings. The highest BCUT2D eigenvalue weighted by Crippen LogP contribution is 2.42. The fourth-order valence-electron chi connectivity index (χ4n) is 2.80. The minimum Gasteiger partial charge on any atom is -0.496 e. The molecule has 1 aromatic rings. The van der Waals surface area contributed by atoms with E-state index in [1.54, 1.807) is 18.9 Å². The van der Waals surface area contributed by atoms with E-state index in [0.717, 1.165) is 18.6 Å². The zero-order valence-electron chi connectivity index (χ0n) is 11.2. The SMILES string of the molecule is COc1ccccc1[C@@H]1CCCC[C@@H]1SCC(=O)O. The van der Waals surface area contributed by atoms with Crippen LogP contribution in [0, 0.1) is 0 Å². The Bertz CT molecular complexity index is 433. The van der Waals surface area contributed by atoms with Crippen molar-refractivity contribution in [1.29, 1.82) is 0 Å². The summed E-state index contributed by atoms with van der Waals surface area (Å²) in [6, 6.07) is 8.11. The first kappa shape index (κ1) is 14.3. The van der Waals surface area contributed by atoms with E-state index in [0.29, 0.717) is 11.2 Å². The number of hydrogen-bond acceptors (Lipinski definition) is 3. The predicted octanol–water partition coefficient (Wildman–Crippen LogP) is 3.54. The Morgan fingerprint density at radius 2 is 2.11 bits per heavy atom. The Hall–Kier alpha value is -1.16. The third-order valence-electron chi connectivity index (χ3n) is 3.66. The van der Waals surface area contributed by atoms with Crippen LogP contribution in [-0.4, -0.2) is 29.2 Å². The zero-order valence-corrected chi connectivity index (χ0v) is 12.0. The largest absolute Gasteiger partial charge is 0.496 e. The number of thioether (sulfide) groups is 1. The number of para-hydroxylation sites is 1. The molecule has 1 N–H and O–H groups in total. The lowest BCUT2D eigenvalue weighted by molar-refractivity contribution is -0.133. The van der Waals surface area contributed by atoms with E-state index >= 15 is 0 Å². The molecule has 2 atom stereocenters. The van der Waals surface area contributed by atoms with Gasteiger partial charge in [0.25, 0.3) is 0 Å². The second kappa shape index (κ2) is 6.85. The molecule has 0 aliphatic heterocycles. The average molecular weight is 280 g/mol. The van der Waals surface area contributed by atoms with Crippen molar-refractivity contribution in [3.05, 3.63) is 29.8 Å². The van der Waals surface area contributed by atoms with Crippen LogP contribution < -0.4 is 4.74 Å². The van der Waals surface area contributed by atoms with Crippen LogP contribution in [0.1, 0.15) is 37.2 Å². The molecule has 0 spiro atoms. The summed E-state index contributed by atoms with van der Waals surface area (Å²) >= 11 is 1.57. The first-order valence-electron chi connectivity index (χ1n) is 6.68. The number of benzene rings is 1. The third kappa shape index (κ3) is 3.66. The first-order valence-corrected chi connectivity index (χ1v) is 7.73. The molecule has 104 valence electrons. The molecular formula is C15H20O3S. The topological polar surface area (TPSA) is 46.5 Å². The lowest BCUT2D eigenvalue weighted by atomic mass is 9.83. The number of carbonyl (C=O) groups is 1. The molecule has 0 unspecified atom stereocenters. The number of carboxylic acid groups (broad SMARTS) is 1. The maximum absolute atomic E-state index is 10.8. The average Bonchev–Trinajstić information content (AvgIpc) is 2.45. The predicted molar refractivity (Wildman–Crippen MR) is 78.1 cm³/mol. The summed E-state index contributed by atoms with van der Waals surface area (Å²) in [5.74, 6) is 0.801. The van der Waals surface area contributed by atoms with E-state index in [2.05, 4.69) is 6.07 Å². The molecule has 0 heterocycles. The van der Waals surface area contributed by atoms with Crippen molar-refractivity contribution in [2.45, 2.75) is 36.9 Å². The van der Waals surface area contributed by atoms with Crippen molar-refractivity contribution in [3.8, 4) is 5.75 Å². The van der Waals surface area contributed by atoms with Gasteiger partial charge in [0.15, 0.2) is 0 Å². The minimum absolute atomic E-state index is 0.191. The summed E-state index contributed by atoms with van der Waals surface area (Å²) in [5, 5.41) is 9.25. The molecule has 0 amide bonds. The maximum Gasteiger partial charge on any atom is 0.313 e. The summed E-state index contributed by atoms with van der Waals surface area (Å²) in [6.07, 6.45) is 4.63. The van der Waals surface area contributed by atoms with Gasteiger partial charge in [0, 0.05) is 5.25 Å². The van der Waals surface area contributed by atoms with Crippen molar-refractivity contribution >= 4 is 17.7 Å². The third-order valence-corrected chi connectivity index (χ3v) is 5.07. The lowest BCUT2D eigenvalue weighted by Gasteiger charge is -2.32. The quantitative estimate of drug-likeness (QED) is 0.896. The Labute approximate surface area is 118 Å². The van der Waals surface area contributed by atoms with Gasteiger partial charge in [-0.15, -0.1) is 11.8 Å². The second-order valence-electron chi connectivity index (χ2n) is 4.88. The van der Waals surface area contributed by atoms with Crippen LogP contribution in [0.4, 0.5) is 0 Å². The summed E-state index contributed by atoms with van der Waals surface area (Å²) in [5.41, 5.74) is 1.23. The number of carboxylic acids is 1. The van der Waals surface area contributed by atoms with Gasteiger partial charge in [-0.3, -0.25) is 4.79 Å². The van der Waals surface area contributed by atoms with E-state index in [-0.39, 0.29) is 5.75 Å². The Morgan fingerprint density at radius 1 is 1.37 bits per heavy atom. The molecule has 4 heteroatoms. The molecule has 1 aliphatic carbocycles. The monoisotopic (exact) mass is 280 g/mol. The highest BCUT2D eigenvalue weighted by atomic mass is 32.2. The van der Waals surface area contributed by atoms with Gasteiger partial charge in [-0.2, -0.15) is 0 Å². The van der Waals surface area contributed by atoms with Crippen molar-refractivity contribution < 1.29 is 14.6 Å². The molecule has 0 aromatic heterocycles. The first-order chi connectivity index (χ1) is 9.22. The molecule has 0 bridgehead atoms. The molecular weight excluding hydrogens is 260 g/mol. The fraction of sp³-hybridized carbons (Fsp3) is 0.533. The van der Waals surface area contributed by atoms with E-state index in [1.807, 2.05) is 18.2 Å². The van der Waals surface area contributed by atoms with Gasteiger partial charge in [-0.05, 0) is 30.4 Å². The van der Waals surface area contributed by atoms with Gasteiger partial charge in [0.05, 0.1) is 12.9 Å². The normalized spacial score (nSPS) is 23.0. The molecule has 1 saturated carbocycles. The molecule has 19 heavy (non-hydrogen) atoms. The van der Waals surface area contributed by atoms with Crippen LogP contribution in [0.3, 0.4) is 0 Å². The van der Waals surface area contributed by atoms with Crippen LogP contribution in [0.5, 0.6) is 5.75 Å². The van der Waals surface area contributed by atoms with Crippen molar-refractivity contribution in [1.82, 2.24) is 0 Å². The number of rotatable bonds is 5. The molecule has 0 saturated heterocycles. The lowest BCUT2D eigenvalue weighted by Crippen LogP contribution is -2.22. The van der Waals surface area contributed by atoms with E-state index in [1.165, 1.54) is 18.4 Å². The fourth-order valence-corrected chi connectivity index (χ4v) is 4.01. The van der Waals surface area contributed by atoms with E-state index in [9.17, 15) is 4.79 Å². The number of aliphatic carboxylic acids is 1. The van der Waals surface area contributed by atoms with Crippen LogP contribution in [-0.2, 0) is 4.79 Å². The van der Waals surface area contributed by atoms with Gasteiger partial charge in [-0.1, -0.05) is 31.0 Å². The maximum atomic E-state index is 10.8. The van der Waals surface area contributed by atoms with Gasteiger partial charge < -0.3 is 9.84 Å². The number of ether oxygens (including phenoxy) is 1. The van der Waals surface area contributed by atoms with Crippen molar-refractivity contribution in [3.63, 3.8) is 0 Å². The standard InChI is InChI=1S/C15H20O3S/c1-18-13-8-4-2-6-11(13)12-7-3-5-9-14(12)19-10-15(16)17/h2,4,6,8,12,14H,3,5,7,9-10H2,1H3,(H,16,17)/t12-,14-/m0/s1. The van der Waals surface area contributed by atoms with Gasteiger partial charge in [-0.25, -0.2) is 0 Å². The van der Waals surface area contributed by atoms with E-state index in [4.69, 9.17) is 9.84 Å². The zero-order chi connectivity index (χ0) is 13.7. The summed E-state index contributed by atoms with van der Waals surface area (Å²) < 4.78 is 5.45. The van der Waals surface area contributed by atoms with Crippen LogP contribution in [0.15, 0.2) is 24.3 Å². The summed E-state index contributed by atoms with van der Waals surface area (Å²) in [6.45, 7) is 0. The Kier molecular flexibility index (Phi) is 5.14. The number of hydrogen-bond donors (Lipinski definition) is 1. The molecule has 1 fully saturated rings. The summed E-state index contributed by atoms with van der Waals surface area (Å²) in [4.78, 5) is 10.8. The molecule has 0 radical (unpaired) electrons. The van der Waals surface area contributed by atoms with Crippen LogP contribution in [0.2, 0.25) is 0 Å². The molecule has 1 aromatic carbocycles. The van der Waals surface area contributed by atoms with Gasteiger partial charge in [0.2, 0.25) is 0 Å². The van der Waals surface area contributed by atoms with E-state index < -0.39 is 5.97 Å². The van der Waals surface area contributed by atoms with Crippen LogP contribution >= 0.6 is 11.8 Å². The second-order valence-corrected chi connectivity index (χ2v) is 6.10. The Morgan fingerprint density at radius 3 is 2.84 bits per heavy atom. The molecule has 3 nitrogen and oxygen atoms in total. The smallest absolute Gasteiger partial charge is 0.313 e. The van der Waals surface area contributed by atoms with Crippen LogP contribution in [0.25, 0.3) is 0 Å². The minimum atomic E-state index is -0.727. The van der Waals surface area contributed by atoms with Gasteiger partial charge in [0.1, 0.15) is 5.75 Å². The Balaban J connectivity index is 2.16. The highest BCUT2D eigenvalue weighted by Gasteiger charge is 2.29. The number of methoxy groups -OCH3 is 1. The van der Waals surface area contributed by atoms with Crippen molar-refractivity contribution in [2.24, 2.45) is 0 Å². The van der Waals surface area contributed by atoms with Crippen molar-refractivity contribution in [2.75, 3.05) is 12.9 Å².